The molecule has 1 aromatic carbocycles. The van der Waals surface area contributed by atoms with Crippen molar-refractivity contribution >= 4 is 34.9 Å². The molecule has 0 radical (unpaired) electrons. The van der Waals surface area contributed by atoms with E-state index in [4.69, 9.17) is 23.2 Å². The van der Waals surface area contributed by atoms with Crippen LogP contribution in [0.15, 0.2) is 12.1 Å². The average molecular weight is 394 g/mol. The topological polar surface area (TPSA) is 46.2 Å². The van der Waals surface area contributed by atoms with Crippen LogP contribution >= 0.6 is 23.2 Å². The van der Waals surface area contributed by atoms with Crippen molar-refractivity contribution in [2.24, 2.45) is 5.92 Å². The molecular formula is C17H16Cl2F3NO2. The fourth-order valence-electron chi connectivity index (χ4n) is 3.76. The predicted molar refractivity (Wildman–Crippen MR) is 87.8 cm³/mol. The van der Waals surface area contributed by atoms with Crippen molar-refractivity contribution in [1.29, 1.82) is 0 Å². The lowest BCUT2D eigenvalue weighted by Crippen LogP contribution is -2.50. The normalized spacial score (nSPS) is 30.0. The third-order valence-electron chi connectivity index (χ3n) is 5.25. The number of amides is 1. The van der Waals surface area contributed by atoms with Gasteiger partial charge in [-0.3, -0.25) is 9.59 Å². The maximum absolute atomic E-state index is 12.9. The second-order valence-electron chi connectivity index (χ2n) is 6.81. The molecule has 0 bridgehead atoms. The van der Waals surface area contributed by atoms with Crippen molar-refractivity contribution in [2.45, 2.75) is 50.2 Å². The molecule has 2 aliphatic rings. The molecule has 1 atom stereocenters. The SMILES string of the molecule is Cc1cc(C2C(=O)NC3(CCC(C(F)(F)F)CC3)C2=O)c(Cl)cc1Cl. The lowest BCUT2D eigenvalue weighted by atomic mass is 9.73. The summed E-state index contributed by atoms with van der Waals surface area (Å²) in [6, 6.07) is 3.06. The van der Waals surface area contributed by atoms with Gasteiger partial charge in [0, 0.05) is 10.0 Å². The second kappa shape index (κ2) is 6.16. The Hall–Kier alpha value is -1.27. The van der Waals surface area contributed by atoms with Gasteiger partial charge in [-0.05, 0) is 49.8 Å². The Kier molecular flexibility index (Phi) is 4.57. The van der Waals surface area contributed by atoms with Crippen molar-refractivity contribution in [2.75, 3.05) is 0 Å². The van der Waals surface area contributed by atoms with Crippen molar-refractivity contribution in [3.05, 3.63) is 33.3 Å². The zero-order chi connectivity index (χ0) is 18.6. The van der Waals surface area contributed by atoms with Crippen LogP contribution in [0.1, 0.15) is 42.7 Å². The van der Waals surface area contributed by atoms with E-state index in [-0.39, 0.29) is 30.7 Å². The third-order valence-corrected chi connectivity index (χ3v) is 5.98. The number of carbonyl (C=O) groups excluding carboxylic acids is 2. The van der Waals surface area contributed by atoms with Gasteiger partial charge in [-0.2, -0.15) is 13.2 Å². The number of alkyl halides is 3. The molecule has 1 unspecified atom stereocenters. The standard InChI is InChI=1S/C17H16Cl2F3NO2/c1-8-6-10(12(19)7-11(8)18)13-14(24)16(23-15(13)25)4-2-9(3-5-16)17(20,21)22/h6-7,9,13H,2-5H2,1H3,(H,23,25). The third kappa shape index (κ3) is 3.14. The van der Waals surface area contributed by atoms with Crippen LogP contribution in [0.25, 0.3) is 0 Å². The lowest BCUT2D eigenvalue weighted by Gasteiger charge is -2.36. The molecule has 1 aliphatic carbocycles. The maximum atomic E-state index is 12.9. The number of hydrogen-bond donors (Lipinski definition) is 1. The van der Waals surface area contributed by atoms with Crippen LogP contribution in [0.4, 0.5) is 13.2 Å². The van der Waals surface area contributed by atoms with Crippen molar-refractivity contribution in [1.82, 2.24) is 5.32 Å². The summed E-state index contributed by atoms with van der Waals surface area (Å²) in [5.41, 5.74) is -0.204. The average Bonchev–Trinajstić information content (AvgIpc) is 2.74. The molecule has 1 spiro atoms. The van der Waals surface area contributed by atoms with Crippen LogP contribution in [0.5, 0.6) is 0 Å². The van der Waals surface area contributed by atoms with E-state index in [1.54, 1.807) is 13.0 Å². The van der Waals surface area contributed by atoms with Crippen LogP contribution in [-0.2, 0) is 9.59 Å². The van der Waals surface area contributed by atoms with E-state index in [1.165, 1.54) is 6.07 Å². The van der Waals surface area contributed by atoms with Crippen molar-refractivity contribution < 1.29 is 22.8 Å². The van der Waals surface area contributed by atoms with E-state index < -0.39 is 35.2 Å². The maximum Gasteiger partial charge on any atom is 0.391 e. The quantitative estimate of drug-likeness (QED) is 0.709. The van der Waals surface area contributed by atoms with Crippen LogP contribution in [0.3, 0.4) is 0 Å². The monoisotopic (exact) mass is 393 g/mol. The number of nitrogens with one attached hydrogen (secondary N) is 1. The number of ketones is 1. The highest BCUT2D eigenvalue weighted by Crippen LogP contribution is 2.46. The van der Waals surface area contributed by atoms with E-state index in [1.807, 2.05) is 0 Å². The highest BCUT2D eigenvalue weighted by molar-refractivity contribution is 6.36. The molecule has 1 N–H and O–H groups in total. The van der Waals surface area contributed by atoms with Crippen LogP contribution in [0, 0.1) is 12.8 Å². The van der Waals surface area contributed by atoms with Crippen LogP contribution in [-0.4, -0.2) is 23.4 Å². The summed E-state index contributed by atoms with van der Waals surface area (Å²) >= 11 is 12.1. The fourth-order valence-corrected chi connectivity index (χ4v) is 4.25. The van der Waals surface area contributed by atoms with Gasteiger partial charge in [0.15, 0.2) is 5.78 Å². The molecule has 2 fully saturated rings. The predicted octanol–water partition coefficient (Wildman–Crippen LogP) is 4.58. The van der Waals surface area contributed by atoms with E-state index in [0.717, 1.165) is 0 Å². The van der Waals surface area contributed by atoms with Gasteiger partial charge in [0.1, 0.15) is 5.92 Å². The summed E-state index contributed by atoms with van der Waals surface area (Å²) in [4.78, 5) is 25.4. The molecule has 8 heteroatoms. The highest BCUT2D eigenvalue weighted by atomic mass is 35.5. The summed E-state index contributed by atoms with van der Waals surface area (Å²) in [6.07, 6.45) is -4.64. The lowest BCUT2D eigenvalue weighted by molar-refractivity contribution is -0.185. The largest absolute Gasteiger partial charge is 0.391 e. The number of benzene rings is 1. The van der Waals surface area contributed by atoms with E-state index >= 15 is 0 Å². The second-order valence-corrected chi connectivity index (χ2v) is 7.62. The van der Waals surface area contributed by atoms with Gasteiger partial charge in [0.25, 0.3) is 0 Å². The first-order valence-electron chi connectivity index (χ1n) is 7.94. The van der Waals surface area contributed by atoms with Crippen molar-refractivity contribution in [3.63, 3.8) is 0 Å². The Morgan fingerprint density at radius 2 is 1.72 bits per heavy atom. The molecule has 3 nitrogen and oxygen atoms in total. The molecule has 3 rings (SSSR count). The van der Waals surface area contributed by atoms with Gasteiger partial charge < -0.3 is 5.32 Å². The summed E-state index contributed by atoms with van der Waals surface area (Å²) in [5, 5.41) is 3.27. The molecular weight excluding hydrogens is 378 g/mol. The summed E-state index contributed by atoms with van der Waals surface area (Å²) < 4.78 is 38.6. The number of Topliss-reactive ketones (excluding diaryl/α,β-unsaturated/α-hetero) is 1. The number of aryl methyl sites for hydroxylation is 1. The smallest absolute Gasteiger partial charge is 0.343 e. The molecule has 1 saturated carbocycles. The Morgan fingerprint density at radius 3 is 2.28 bits per heavy atom. The summed E-state index contributed by atoms with van der Waals surface area (Å²) in [6.45, 7) is 1.73. The van der Waals surface area contributed by atoms with E-state index in [2.05, 4.69) is 5.32 Å². The van der Waals surface area contributed by atoms with Gasteiger partial charge in [0.2, 0.25) is 5.91 Å². The number of hydrogen-bond acceptors (Lipinski definition) is 2. The van der Waals surface area contributed by atoms with Gasteiger partial charge in [0.05, 0.1) is 11.5 Å². The molecule has 25 heavy (non-hydrogen) atoms. The Balaban J connectivity index is 1.88. The van der Waals surface area contributed by atoms with Gasteiger partial charge in [-0.25, -0.2) is 0 Å². The Morgan fingerprint density at radius 1 is 1.12 bits per heavy atom. The first-order chi connectivity index (χ1) is 11.5. The first-order valence-corrected chi connectivity index (χ1v) is 8.69. The van der Waals surface area contributed by atoms with Gasteiger partial charge in [-0.1, -0.05) is 29.3 Å². The first kappa shape index (κ1) is 18.5. The molecule has 0 aromatic heterocycles. The van der Waals surface area contributed by atoms with Crippen molar-refractivity contribution in [3.8, 4) is 0 Å². The minimum atomic E-state index is -4.27. The zero-order valence-corrected chi connectivity index (χ0v) is 14.9. The van der Waals surface area contributed by atoms with E-state index in [0.29, 0.717) is 16.1 Å². The molecule has 1 heterocycles. The zero-order valence-electron chi connectivity index (χ0n) is 13.3. The Labute approximate surface area is 152 Å². The Bertz CT molecular complexity index is 740. The number of carbonyl (C=O) groups is 2. The minimum Gasteiger partial charge on any atom is -0.343 e. The van der Waals surface area contributed by atoms with Crippen LogP contribution < -0.4 is 5.32 Å². The summed E-state index contributed by atoms with van der Waals surface area (Å²) in [7, 11) is 0. The van der Waals surface area contributed by atoms with E-state index in [9.17, 15) is 22.8 Å². The minimum absolute atomic E-state index is 0.0115. The molecule has 1 aromatic rings. The van der Waals surface area contributed by atoms with Gasteiger partial charge >= 0.3 is 6.18 Å². The van der Waals surface area contributed by atoms with Crippen LogP contribution in [0.2, 0.25) is 10.0 Å². The van der Waals surface area contributed by atoms with Gasteiger partial charge in [-0.15, -0.1) is 0 Å². The molecule has 136 valence electrons. The molecule has 1 aliphatic heterocycles. The number of halogens is 5. The highest BCUT2D eigenvalue weighted by Gasteiger charge is 2.56. The fraction of sp³-hybridized carbons (Fsp3) is 0.529. The molecule has 1 amide bonds. The number of rotatable bonds is 1. The molecule has 1 saturated heterocycles. The summed E-state index contributed by atoms with van der Waals surface area (Å²) in [5.74, 6) is -3.45.